The van der Waals surface area contributed by atoms with Gasteiger partial charge in [0.1, 0.15) is 11.9 Å². The molecule has 5 heteroatoms. The first-order valence-corrected chi connectivity index (χ1v) is 8.09. The monoisotopic (exact) mass is 289 g/mol. The van der Waals surface area contributed by atoms with Crippen LogP contribution in [0.3, 0.4) is 0 Å². The van der Waals surface area contributed by atoms with Crippen LogP contribution in [0, 0.1) is 0 Å². The lowest BCUT2D eigenvalue weighted by Gasteiger charge is -2.38. The van der Waals surface area contributed by atoms with Gasteiger partial charge in [0, 0.05) is 6.42 Å². The first-order valence-electron chi connectivity index (χ1n) is 6.77. The smallest absolute Gasteiger partial charge is 0.387 e. The lowest BCUT2D eigenvalue weighted by Crippen LogP contribution is -2.53. The minimum absolute atomic E-state index is 0.0685. The van der Waals surface area contributed by atoms with Gasteiger partial charge in [0.25, 0.3) is 0 Å². The fraction of sp³-hybridized carbons (Fsp3) is 0.400. The van der Waals surface area contributed by atoms with Gasteiger partial charge in [-0.15, -0.1) is 0 Å². The zero-order valence-electron chi connectivity index (χ0n) is 11.3. The molecule has 4 nitrogen and oxygen atoms in total. The molecule has 0 aromatic heterocycles. The lowest BCUT2D eigenvalue weighted by molar-refractivity contribution is -0.126. The molecule has 1 radical (unpaired) electrons. The fourth-order valence-electron chi connectivity index (χ4n) is 2.39. The van der Waals surface area contributed by atoms with Gasteiger partial charge in [-0.3, -0.25) is 4.79 Å². The van der Waals surface area contributed by atoms with Crippen molar-refractivity contribution in [1.82, 2.24) is 0 Å². The van der Waals surface area contributed by atoms with Crippen molar-refractivity contribution in [3.8, 4) is 0 Å². The summed E-state index contributed by atoms with van der Waals surface area (Å²) in [4.78, 5) is 11.1. The van der Waals surface area contributed by atoms with Crippen LogP contribution in [-0.4, -0.2) is 40.0 Å². The molecule has 3 atom stereocenters. The highest BCUT2D eigenvalue weighted by molar-refractivity contribution is 6.61. The molecule has 0 amide bonds. The summed E-state index contributed by atoms with van der Waals surface area (Å²) >= 11 is 0. The normalized spacial score (nSPS) is 29.9. The molecule has 20 heavy (non-hydrogen) atoms. The van der Waals surface area contributed by atoms with Crippen molar-refractivity contribution in [1.29, 1.82) is 0 Å². The molecule has 0 bridgehead atoms. The Kier molecular flexibility index (Phi) is 4.12. The molecule has 0 spiro atoms. The molecule has 0 unspecified atom stereocenters. The minimum atomic E-state index is -1.43. The van der Waals surface area contributed by atoms with Crippen LogP contribution in [0.15, 0.2) is 42.5 Å². The van der Waals surface area contributed by atoms with Crippen LogP contribution >= 0.6 is 0 Å². The summed E-state index contributed by atoms with van der Waals surface area (Å²) in [5.41, 5.74) is 0. The average Bonchev–Trinajstić information content (AvgIpc) is 2.47. The number of rotatable bonds is 3. The number of ketones is 1. The van der Waals surface area contributed by atoms with Crippen LogP contribution in [0.4, 0.5) is 0 Å². The quantitative estimate of drug-likeness (QED) is 0.617. The van der Waals surface area contributed by atoms with Gasteiger partial charge >= 0.3 is 9.28 Å². The van der Waals surface area contributed by atoms with E-state index in [1.807, 2.05) is 42.5 Å². The predicted molar refractivity (Wildman–Crippen MR) is 75.8 cm³/mol. The Morgan fingerprint density at radius 1 is 1.30 bits per heavy atom. The van der Waals surface area contributed by atoms with Crippen LogP contribution in [0.5, 0.6) is 0 Å². The van der Waals surface area contributed by atoms with Crippen LogP contribution in [0.25, 0.3) is 0 Å². The van der Waals surface area contributed by atoms with E-state index in [1.54, 1.807) is 6.92 Å². The number of fused-ring (bicyclic) bond motifs is 1. The van der Waals surface area contributed by atoms with Crippen molar-refractivity contribution in [2.75, 3.05) is 6.61 Å². The second-order valence-electron chi connectivity index (χ2n) is 5.05. The molecule has 2 heterocycles. The van der Waals surface area contributed by atoms with E-state index in [9.17, 15) is 4.79 Å². The standard InChI is InChI=1S/C15H17O4Si/c1-11(16)9-12-7-8-14-15(18-12)10-17-20(19-14)13-5-3-2-4-6-13/h2-8,12,14-15H,9-10H2,1H3/t12-,14+,15-/m1/s1. The second-order valence-corrected chi connectivity index (χ2v) is 6.73. The summed E-state index contributed by atoms with van der Waals surface area (Å²) in [5, 5.41) is 1.11. The van der Waals surface area contributed by atoms with Gasteiger partial charge in [0.05, 0.1) is 18.8 Å². The van der Waals surface area contributed by atoms with Crippen molar-refractivity contribution in [3.05, 3.63) is 42.5 Å². The molecule has 1 aromatic rings. The lowest BCUT2D eigenvalue weighted by atomic mass is 10.1. The first-order chi connectivity index (χ1) is 9.72. The SMILES string of the molecule is CC(=O)C[C@H]1C=C[C@@H]2O[Si](c3ccccc3)OC[C@H]2O1. The van der Waals surface area contributed by atoms with Gasteiger partial charge in [-0.2, -0.15) is 0 Å². The van der Waals surface area contributed by atoms with Crippen molar-refractivity contribution < 1.29 is 18.4 Å². The molecule has 3 rings (SSSR count). The van der Waals surface area contributed by atoms with Crippen LogP contribution in [-0.2, 0) is 18.4 Å². The van der Waals surface area contributed by atoms with Crippen molar-refractivity contribution in [2.45, 2.75) is 31.7 Å². The van der Waals surface area contributed by atoms with E-state index in [1.165, 1.54) is 0 Å². The van der Waals surface area contributed by atoms with E-state index in [0.29, 0.717) is 13.0 Å². The summed E-state index contributed by atoms with van der Waals surface area (Å²) in [5.74, 6) is 0.129. The first kappa shape index (κ1) is 13.7. The molecule has 2 aliphatic rings. The largest absolute Gasteiger partial charge is 0.424 e. The molecular formula is C15H17O4Si. The summed E-state index contributed by atoms with van der Waals surface area (Å²) in [6.45, 7) is 2.10. The predicted octanol–water partition coefficient (Wildman–Crippen LogP) is 1.10. The third kappa shape index (κ3) is 3.07. The highest BCUT2D eigenvalue weighted by Gasteiger charge is 2.37. The summed E-state index contributed by atoms with van der Waals surface area (Å²) in [7, 11) is -1.43. The molecule has 1 fully saturated rings. The molecule has 2 aliphatic heterocycles. The molecule has 0 aliphatic carbocycles. The van der Waals surface area contributed by atoms with Crippen LogP contribution < -0.4 is 5.19 Å². The Bertz CT molecular complexity index is 502. The number of hydrogen-bond acceptors (Lipinski definition) is 4. The second kappa shape index (κ2) is 6.01. The Morgan fingerprint density at radius 3 is 2.85 bits per heavy atom. The Hall–Kier alpha value is -1.27. The number of carbonyl (C=O) groups excluding carboxylic acids is 1. The molecule has 1 aromatic carbocycles. The highest BCUT2D eigenvalue weighted by atomic mass is 28.3. The van der Waals surface area contributed by atoms with E-state index in [-0.39, 0.29) is 24.1 Å². The van der Waals surface area contributed by atoms with Gasteiger partial charge in [-0.05, 0) is 12.1 Å². The van der Waals surface area contributed by atoms with Gasteiger partial charge in [-0.1, -0.05) is 42.5 Å². The minimum Gasteiger partial charge on any atom is -0.387 e. The third-order valence-corrected chi connectivity index (χ3v) is 5.07. The van der Waals surface area contributed by atoms with Crippen LogP contribution in [0.2, 0.25) is 0 Å². The molecular weight excluding hydrogens is 272 g/mol. The van der Waals surface area contributed by atoms with Crippen molar-refractivity contribution in [2.24, 2.45) is 0 Å². The van der Waals surface area contributed by atoms with E-state index >= 15 is 0 Å². The molecule has 1 saturated heterocycles. The Morgan fingerprint density at radius 2 is 2.10 bits per heavy atom. The summed E-state index contributed by atoms with van der Waals surface area (Å²) in [6.07, 6.45) is 4.03. The van der Waals surface area contributed by atoms with E-state index < -0.39 is 9.28 Å². The molecule has 0 N–H and O–H groups in total. The maximum atomic E-state index is 11.1. The Labute approximate surface area is 120 Å². The number of ether oxygens (including phenoxy) is 1. The zero-order valence-corrected chi connectivity index (χ0v) is 12.3. The maximum Gasteiger partial charge on any atom is 0.424 e. The summed E-state index contributed by atoms with van der Waals surface area (Å²) in [6, 6.07) is 10.0. The highest BCUT2D eigenvalue weighted by Crippen LogP contribution is 2.22. The third-order valence-electron chi connectivity index (χ3n) is 3.35. The van der Waals surface area contributed by atoms with Gasteiger partial charge in [0.2, 0.25) is 0 Å². The summed E-state index contributed by atoms with van der Waals surface area (Å²) < 4.78 is 17.7. The molecule has 105 valence electrons. The number of hydrogen-bond donors (Lipinski definition) is 0. The number of Topliss-reactive ketones (excluding diaryl/α,β-unsaturated/α-hetero) is 1. The van der Waals surface area contributed by atoms with Gasteiger partial charge in [-0.25, -0.2) is 0 Å². The van der Waals surface area contributed by atoms with Crippen LogP contribution in [0.1, 0.15) is 13.3 Å². The Balaban J connectivity index is 1.66. The van der Waals surface area contributed by atoms with Gasteiger partial charge < -0.3 is 13.6 Å². The fourth-order valence-corrected chi connectivity index (χ4v) is 4.02. The van der Waals surface area contributed by atoms with Crippen molar-refractivity contribution >= 4 is 20.3 Å². The topological polar surface area (TPSA) is 44.8 Å². The zero-order chi connectivity index (χ0) is 13.9. The average molecular weight is 289 g/mol. The van der Waals surface area contributed by atoms with E-state index in [2.05, 4.69) is 0 Å². The number of carbonyl (C=O) groups is 1. The number of benzene rings is 1. The molecule has 0 saturated carbocycles. The van der Waals surface area contributed by atoms with Gasteiger partial charge in [0.15, 0.2) is 0 Å². The van der Waals surface area contributed by atoms with E-state index in [4.69, 9.17) is 13.6 Å². The van der Waals surface area contributed by atoms with E-state index in [0.717, 1.165) is 5.19 Å². The maximum absolute atomic E-state index is 11.1. The van der Waals surface area contributed by atoms with Crippen molar-refractivity contribution in [3.63, 3.8) is 0 Å².